The summed E-state index contributed by atoms with van der Waals surface area (Å²) in [6, 6.07) is 3.35. The third-order valence-corrected chi connectivity index (χ3v) is 4.41. The Kier molecular flexibility index (Phi) is 10.0. The number of halogens is 4. The zero-order chi connectivity index (χ0) is 19.9. The van der Waals surface area contributed by atoms with Gasteiger partial charge >= 0.3 is 6.18 Å². The van der Waals surface area contributed by atoms with Crippen molar-refractivity contribution < 1.29 is 27.4 Å². The summed E-state index contributed by atoms with van der Waals surface area (Å²) in [5.41, 5.74) is -0.835. The predicted octanol–water partition coefficient (Wildman–Crippen LogP) is 2.77. The van der Waals surface area contributed by atoms with Crippen molar-refractivity contribution in [2.75, 3.05) is 52.3 Å². The van der Waals surface area contributed by atoms with Gasteiger partial charge in [-0.2, -0.15) is 13.2 Å². The molecule has 6 nitrogen and oxygen atoms in total. The number of anilines is 1. The number of likely N-dealkylation sites (tertiary alicyclic amines) is 1. The van der Waals surface area contributed by atoms with Crippen LogP contribution in [-0.2, 0) is 15.7 Å². The van der Waals surface area contributed by atoms with Gasteiger partial charge in [0.05, 0.1) is 24.4 Å². The van der Waals surface area contributed by atoms with Crippen LogP contribution in [0, 0.1) is 0 Å². The summed E-state index contributed by atoms with van der Waals surface area (Å²) in [5.74, 6) is -0.192. The summed E-state index contributed by atoms with van der Waals surface area (Å²) >= 11 is 0. The van der Waals surface area contributed by atoms with E-state index < -0.39 is 11.7 Å². The molecular formula is C18H27ClF3N3O3. The van der Waals surface area contributed by atoms with Crippen molar-refractivity contribution >= 4 is 24.0 Å². The van der Waals surface area contributed by atoms with Crippen LogP contribution in [0.25, 0.3) is 0 Å². The number of ether oxygens (including phenoxy) is 2. The predicted molar refractivity (Wildman–Crippen MR) is 103 cm³/mol. The fraction of sp³-hybridized carbons (Fsp3) is 0.611. The Morgan fingerprint density at radius 3 is 2.71 bits per heavy atom. The van der Waals surface area contributed by atoms with Crippen LogP contribution in [0.1, 0.15) is 18.4 Å². The quantitative estimate of drug-likeness (QED) is 0.627. The van der Waals surface area contributed by atoms with Gasteiger partial charge < -0.3 is 20.1 Å². The lowest BCUT2D eigenvalue weighted by atomic mass is 10.1. The fourth-order valence-corrected chi connectivity index (χ4v) is 2.99. The van der Waals surface area contributed by atoms with Crippen LogP contribution in [0.3, 0.4) is 0 Å². The van der Waals surface area contributed by atoms with Gasteiger partial charge in [0.25, 0.3) is 0 Å². The van der Waals surface area contributed by atoms with Crippen LogP contribution < -0.4 is 15.4 Å². The molecule has 1 unspecified atom stereocenters. The molecule has 0 aliphatic carbocycles. The van der Waals surface area contributed by atoms with Crippen molar-refractivity contribution in [1.82, 2.24) is 10.2 Å². The molecule has 10 heteroatoms. The Morgan fingerprint density at radius 2 is 2.07 bits per heavy atom. The molecule has 2 N–H and O–H groups in total. The molecule has 1 aromatic carbocycles. The highest BCUT2D eigenvalue weighted by Gasteiger charge is 2.31. The molecule has 1 saturated heterocycles. The second-order valence-electron chi connectivity index (χ2n) is 6.46. The third kappa shape index (κ3) is 7.46. The monoisotopic (exact) mass is 425 g/mol. The van der Waals surface area contributed by atoms with Crippen LogP contribution in [0.2, 0.25) is 0 Å². The molecule has 1 aromatic rings. The first-order chi connectivity index (χ1) is 12.8. The van der Waals surface area contributed by atoms with Crippen molar-refractivity contribution in [2.45, 2.75) is 25.1 Å². The van der Waals surface area contributed by atoms with Gasteiger partial charge in [-0.05, 0) is 44.6 Å². The first kappa shape index (κ1) is 24.5. The van der Waals surface area contributed by atoms with Crippen LogP contribution in [-0.4, -0.2) is 63.9 Å². The number of nitrogens with zero attached hydrogens (tertiary/aromatic N) is 1. The Balaban J connectivity index is 0.00000392. The molecule has 1 aliphatic rings. The number of carbonyl (C=O) groups excluding carboxylic acids is 1. The average molecular weight is 426 g/mol. The smallest absolute Gasteiger partial charge is 0.416 e. The van der Waals surface area contributed by atoms with Gasteiger partial charge in [0, 0.05) is 19.7 Å². The Hall–Kier alpha value is -1.55. The number of rotatable bonds is 8. The molecular weight excluding hydrogens is 399 g/mol. The molecule has 1 aliphatic heterocycles. The molecule has 0 spiro atoms. The van der Waals surface area contributed by atoms with E-state index in [1.54, 1.807) is 0 Å². The lowest BCUT2D eigenvalue weighted by molar-refractivity contribution is -0.137. The van der Waals surface area contributed by atoms with Crippen molar-refractivity contribution in [1.29, 1.82) is 0 Å². The van der Waals surface area contributed by atoms with E-state index in [1.807, 2.05) is 11.9 Å². The number of piperidine rings is 1. The number of nitrogens with one attached hydrogen (secondary N) is 2. The highest BCUT2D eigenvalue weighted by atomic mass is 35.5. The van der Waals surface area contributed by atoms with E-state index in [2.05, 4.69) is 10.6 Å². The minimum Gasteiger partial charge on any atom is -0.489 e. The molecule has 0 radical (unpaired) electrons. The van der Waals surface area contributed by atoms with Crippen molar-refractivity contribution in [3.8, 4) is 5.75 Å². The Morgan fingerprint density at radius 1 is 1.32 bits per heavy atom. The second kappa shape index (κ2) is 11.5. The molecule has 1 heterocycles. The normalized spacial score (nSPS) is 17.7. The molecule has 1 atom stereocenters. The number of amides is 1. The number of likely N-dealkylation sites (N-methyl/N-ethyl adjacent to an activating group) is 1. The summed E-state index contributed by atoms with van der Waals surface area (Å²) in [4.78, 5) is 14.4. The van der Waals surface area contributed by atoms with E-state index in [0.717, 1.165) is 38.1 Å². The maximum absolute atomic E-state index is 13.0. The van der Waals surface area contributed by atoms with Crippen LogP contribution in [0.5, 0.6) is 5.75 Å². The second-order valence-corrected chi connectivity index (χ2v) is 6.46. The van der Waals surface area contributed by atoms with Gasteiger partial charge in [-0.1, -0.05) is 0 Å². The van der Waals surface area contributed by atoms with Gasteiger partial charge in [0.15, 0.2) is 0 Å². The minimum absolute atomic E-state index is 0. The lowest BCUT2D eigenvalue weighted by Crippen LogP contribution is -2.46. The lowest BCUT2D eigenvalue weighted by Gasteiger charge is -2.32. The largest absolute Gasteiger partial charge is 0.489 e. The number of methoxy groups -OCH3 is 1. The maximum Gasteiger partial charge on any atom is 0.416 e. The van der Waals surface area contributed by atoms with Gasteiger partial charge in [-0.15, -0.1) is 12.4 Å². The number of alkyl halides is 3. The zero-order valence-electron chi connectivity index (χ0n) is 16.0. The first-order valence-corrected chi connectivity index (χ1v) is 8.86. The Bertz CT molecular complexity index is 632. The van der Waals surface area contributed by atoms with Crippen LogP contribution in [0.15, 0.2) is 18.2 Å². The minimum atomic E-state index is -4.50. The van der Waals surface area contributed by atoms with Gasteiger partial charge in [-0.3, -0.25) is 9.69 Å². The number of hydrogen-bond acceptors (Lipinski definition) is 5. The van der Waals surface area contributed by atoms with Crippen molar-refractivity contribution in [3.05, 3.63) is 23.8 Å². The number of benzene rings is 1. The zero-order valence-corrected chi connectivity index (χ0v) is 16.8. The van der Waals surface area contributed by atoms with E-state index in [9.17, 15) is 18.0 Å². The topological polar surface area (TPSA) is 62.8 Å². The third-order valence-electron chi connectivity index (χ3n) is 4.41. The van der Waals surface area contributed by atoms with Crippen LogP contribution in [0.4, 0.5) is 18.9 Å². The standard InChI is InChI=1S/C18H26F3N3O3.ClH/c1-22-14-4-3-7-24(11-14)12-17(25)23-15-10-13(18(19,20)21)5-6-16(15)27-9-8-26-2;/h5-6,10,14,22H,3-4,7-9,11-12H2,1-2H3,(H,23,25);1H. The molecule has 0 bridgehead atoms. The van der Waals surface area contributed by atoms with Gasteiger partial charge in [0.2, 0.25) is 5.91 Å². The number of carbonyl (C=O) groups is 1. The highest BCUT2D eigenvalue weighted by molar-refractivity contribution is 5.93. The SMILES string of the molecule is CNC1CCCN(CC(=O)Nc2cc(C(F)(F)F)ccc2OCCOC)C1.Cl. The van der Waals surface area contributed by atoms with Crippen molar-refractivity contribution in [2.24, 2.45) is 0 Å². The average Bonchev–Trinajstić information content (AvgIpc) is 2.62. The maximum atomic E-state index is 13.0. The summed E-state index contributed by atoms with van der Waals surface area (Å²) in [5, 5.41) is 5.75. The molecule has 0 saturated carbocycles. The molecule has 0 aromatic heterocycles. The fourth-order valence-electron chi connectivity index (χ4n) is 2.99. The van der Waals surface area contributed by atoms with Gasteiger partial charge in [-0.25, -0.2) is 0 Å². The molecule has 160 valence electrons. The molecule has 28 heavy (non-hydrogen) atoms. The molecule has 1 amide bonds. The van der Waals surface area contributed by atoms with Crippen molar-refractivity contribution in [3.63, 3.8) is 0 Å². The summed E-state index contributed by atoms with van der Waals surface area (Å²) in [6.45, 7) is 2.08. The summed E-state index contributed by atoms with van der Waals surface area (Å²) in [6.07, 6.45) is -2.50. The van der Waals surface area contributed by atoms with E-state index in [-0.39, 0.29) is 49.5 Å². The summed E-state index contributed by atoms with van der Waals surface area (Å²) < 4.78 is 49.3. The number of hydrogen-bond donors (Lipinski definition) is 2. The van der Waals surface area contributed by atoms with E-state index in [1.165, 1.54) is 13.2 Å². The van der Waals surface area contributed by atoms with E-state index >= 15 is 0 Å². The van der Waals surface area contributed by atoms with E-state index in [4.69, 9.17) is 9.47 Å². The molecule has 2 rings (SSSR count). The van der Waals surface area contributed by atoms with Gasteiger partial charge in [0.1, 0.15) is 12.4 Å². The first-order valence-electron chi connectivity index (χ1n) is 8.86. The van der Waals surface area contributed by atoms with E-state index in [0.29, 0.717) is 6.04 Å². The molecule has 1 fully saturated rings. The Labute approximate surface area is 169 Å². The van der Waals surface area contributed by atoms with Crippen LogP contribution >= 0.6 is 12.4 Å². The highest BCUT2D eigenvalue weighted by Crippen LogP contribution is 2.35. The summed E-state index contributed by atoms with van der Waals surface area (Å²) in [7, 11) is 3.37.